The minimum atomic E-state index is -0.469. The molecule has 1 aliphatic carbocycles. The molecule has 0 aliphatic heterocycles. The molecule has 1 unspecified atom stereocenters. The molecule has 0 radical (unpaired) electrons. The lowest BCUT2D eigenvalue weighted by molar-refractivity contribution is -0.118. The van der Waals surface area contributed by atoms with Crippen LogP contribution in [0.3, 0.4) is 0 Å². The Morgan fingerprint density at radius 1 is 1.21 bits per heavy atom. The Hall–Kier alpha value is -2.59. The van der Waals surface area contributed by atoms with Crippen LogP contribution in [0.15, 0.2) is 65.3 Å². The van der Waals surface area contributed by atoms with E-state index in [9.17, 15) is 10.0 Å². The zero-order chi connectivity index (χ0) is 16.9. The number of carbonyl (C=O) groups is 1. The summed E-state index contributed by atoms with van der Waals surface area (Å²) < 4.78 is 0. The summed E-state index contributed by atoms with van der Waals surface area (Å²) >= 11 is 5.93. The van der Waals surface area contributed by atoms with E-state index in [4.69, 9.17) is 11.6 Å². The van der Waals surface area contributed by atoms with E-state index < -0.39 is 5.92 Å². The fourth-order valence-electron chi connectivity index (χ4n) is 2.87. The highest BCUT2D eigenvalue weighted by Gasteiger charge is 2.33. The van der Waals surface area contributed by atoms with Gasteiger partial charge in [-0.1, -0.05) is 53.2 Å². The summed E-state index contributed by atoms with van der Waals surface area (Å²) in [5.74, 6) is -0.662. The van der Waals surface area contributed by atoms with Gasteiger partial charge in [0.1, 0.15) is 0 Å². The van der Waals surface area contributed by atoms with Crippen molar-refractivity contribution in [3.05, 3.63) is 70.8 Å². The summed E-state index contributed by atoms with van der Waals surface area (Å²) in [5.41, 5.74) is 2.96. The van der Waals surface area contributed by atoms with Crippen LogP contribution in [0.5, 0.6) is 0 Å². The summed E-state index contributed by atoms with van der Waals surface area (Å²) in [6, 6.07) is 16.8. The number of rotatable bonds is 3. The van der Waals surface area contributed by atoms with Crippen molar-refractivity contribution in [2.75, 3.05) is 5.32 Å². The summed E-state index contributed by atoms with van der Waals surface area (Å²) in [7, 11) is 0. The SMILES string of the molecule is O=C(Nc1cccc(Cl)c1)C1CCC(=C/c2ccccc2)/C1=N/O. The Morgan fingerprint density at radius 2 is 2.00 bits per heavy atom. The summed E-state index contributed by atoms with van der Waals surface area (Å²) in [6.45, 7) is 0. The second-order valence-electron chi connectivity index (χ2n) is 5.66. The Labute approximate surface area is 145 Å². The predicted octanol–water partition coefficient (Wildman–Crippen LogP) is 4.60. The lowest BCUT2D eigenvalue weighted by Gasteiger charge is -2.11. The number of halogens is 1. The third-order valence-corrected chi connectivity index (χ3v) is 4.25. The number of oxime groups is 1. The maximum atomic E-state index is 12.5. The Morgan fingerprint density at radius 3 is 2.71 bits per heavy atom. The maximum absolute atomic E-state index is 12.5. The number of nitrogens with zero attached hydrogens (tertiary/aromatic N) is 1. The summed E-state index contributed by atoms with van der Waals surface area (Å²) in [5, 5.41) is 16.2. The monoisotopic (exact) mass is 340 g/mol. The number of allylic oxidation sites excluding steroid dienone is 1. The highest BCUT2D eigenvalue weighted by molar-refractivity contribution is 6.31. The van der Waals surface area contributed by atoms with Gasteiger partial charge in [-0.3, -0.25) is 4.79 Å². The molecule has 122 valence electrons. The van der Waals surface area contributed by atoms with Gasteiger partial charge in [0.15, 0.2) is 0 Å². The first kappa shape index (κ1) is 16.3. The van der Waals surface area contributed by atoms with Crippen molar-refractivity contribution in [3.63, 3.8) is 0 Å². The molecule has 24 heavy (non-hydrogen) atoms. The molecule has 1 atom stereocenters. The van der Waals surface area contributed by atoms with Crippen LogP contribution in [0.25, 0.3) is 6.08 Å². The van der Waals surface area contributed by atoms with Gasteiger partial charge in [-0.15, -0.1) is 0 Å². The van der Waals surface area contributed by atoms with Crippen LogP contribution in [0, 0.1) is 5.92 Å². The number of amides is 1. The lowest BCUT2D eigenvalue weighted by Crippen LogP contribution is -2.26. The van der Waals surface area contributed by atoms with Crippen LogP contribution >= 0.6 is 11.6 Å². The van der Waals surface area contributed by atoms with E-state index in [2.05, 4.69) is 10.5 Å². The van der Waals surface area contributed by atoms with Gasteiger partial charge in [-0.05, 0) is 48.3 Å². The first-order chi connectivity index (χ1) is 11.7. The number of hydrogen-bond donors (Lipinski definition) is 2. The number of carbonyl (C=O) groups excluding carboxylic acids is 1. The van der Waals surface area contributed by atoms with Gasteiger partial charge in [-0.25, -0.2) is 0 Å². The summed E-state index contributed by atoms with van der Waals surface area (Å²) in [4.78, 5) is 12.5. The highest BCUT2D eigenvalue weighted by atomic mass is 35.5. The van der Waals surface area contributed by atoms with Crippen molar-refractivity contribution in [3.8, 4) is 0 Å². The zero-order valence-corrected chi connectivity index (χ0v) is 13.7. The molecular weight excluding hydrogens is 324 g/mol. The third kappa shape index (κ3) is 3.66. The molecule has 1 aliphatic rings. The first-order valence-corrected chi connectivity index (χ1v) is 8.09. The molecule has 0 aromatic heterocycles. The number of anilines is 1. The lowest BCUT2D eigenvalue weighted by atomic mass is 10.0. The molecule has 0 heterocycles. The molecule has 2 aromatic rings. The van der Waals surface area contributed by atoms with E-state index in [1.54, 1.807) is 24.3 Å². The van der Waals surface area contributed by atoms with Gasteiger partial charge in [0, 0.05) is 10.7 Å². The van der Waals surface area contributed by atoms with Crippen molar-refractivity contribution in [2.24, 2.45) is 11.1 Å². The van der Waals surface area contributed by atoms with Gasteiger partial charge in [0.05, 0.1) is 11.6 Å². The maximum Gasteiger partial charge on any atom is 0.233 e. The molecule has 1 saturated carbocycles. The van der Waals surface area contributed by atoms with E-state index >= 15 is 0 Å². The smallest absolute Gasteiger partial charge is 0.233 e. The number of nitrogens with one attached hydrogen (secondary N) is 1. The van der Waals surface area contributed by atoms with Crippen LogP contribution in [-0.4, -0.2) is 16.8 Å². The van der Waals surface area contributed by atoms with E-state index in [0.29, 0.717) is 29.3 Å². The Bertz CT molecular complexity index is 800. The quantitative estimate of drug-likeness (QED) is 0.633. The molecule has 1 fully saturated rings. The fourth-order valence-corrected chi connectivity index (χ4v) is 3.06. The van der Waals surface area contributed by atoms with Gasteiger partial charge in [-0.2, -0.15) is 0 Å². The minimum Gasteiger partial charge on any atom is -0.411 e. The average Bonchev–Trinajstić information content (AvgIpc) is 2.98. The number of hydrogen-bond acceptors (Lipinski definition) is 3. The van der Waals surface area contributed by atoms with Crippen molar-refractivity contribution in [2.45, 2.75) is 12.8 Å². The van der Waals surface area contributed by atoms with Crippen LogP contribution in [0.4, 0.5) is 5.69 Å². The molecule has 0 spiro atoms. The predicted molar refractivity (Wildman–Crippen MR) is 96.4 cm³/mol. The molecule has 5 heteroatoms. The molecule has 0 bridgehead atoms. The van der Waals surface area contributed by atoms with E-state index in [-0.39, 0.29) is 5.91 Å². The summed E-state index contributed by atoms with van der Waals surface area (Å²) in [6.07, 6.45) is 3.27. The Balaban J connectivity index is 1.77. The highest BCUT2D eigenvalue weighted by Crippen LogP contribution is 2.30. The molecule has 2 N–H and O–H groups in total. The van der Waals surface area contributed by atoms with E-state index in [1.807, 2.05) is 36.4 Å². The standard InChI is InChI=1S/C19H17ClN2O2/c20-15-7-4-8-16(12-15)21-19(23)17-10-9-14(18(17)22-24)11-13-5-2-1-3-6-13/h1-8,11-12,17,24H,9-10H2,(H,21,23)/b14-11-,22-18-. The molecule has 4 nitrogen and oxygen atoms in total. The average molecular weight is 341 g/mol. The van der Waals surface area contributed by atoms with Crippen LogP contribution in [0.1, 0.15) is 18.4 Å². The molecule has 1 amide bonds. The van der Waals surface area contributed by atoms with E-state index in [1.165, 1.54) is 0 Å². The number of benzene rings is 2. The van der Waals surface area contributed by atoms with E-state index in [0.717, 1.165) is 11.1 Å². The van der Waals surface area contributed by atoms with Crippen molar-refractivity contribution in [1.82, 2.24) is 0 Å². The molecule has 0 saturated heterocycles. The molecular formula is C19H17ClN2O2. The van der Waals surface area contributed by atoms with Crippen LogP contribution in [-0.2, 0) is 4.79 Å². The topological polar surface area (TPSA) is 61.7 Å². The zero-order valence-electron chi connectivity index (χ0n) is 12.9. The van der Waals surface area contributed by atoms with Crippen LogP contribution < -0.4 is 5.32 Å². The normalized spacial score (nSPS) is 20.5. The van der Waals surface area contributed by atoms with Crippen molar-refractivity contribution in [1.29, 1.82) is 0 Å². The first-order valence-electron chi connectivity index (χ1n) is 7.72. The van der Waals surface area contributed by atoms with Crippen molar-refractivity contribution >= 4 is 35.0 Å². The second kappa shape index (κ2) is 7.32. The second-order valence-corrected chi connectivity index (χ2v) is 6.09. The Kier molecular flexibility index (Phi) is 4.96. The largest absolute Gasteiger partial charge is 0.411 e. The van der Waals surface area contributed by atoms with Gasteiger partial charge in [0.25, 0.3) is 0 Å². The van der Waals surface area contributed by atoms with Gasteiger partial charge < -0.3 is 10.5 Å². The van der Waals surface area contributed by atoms with Crippen molar-refractivity contribution < 1.29 is 10.0 Å². The fraction of sp³-hybridized carbons (Fsp3) is 0.158. The van der Waals surface area contributed by atoms with Gasteiger partial charge in [0.2, 0.25) is 5.91 Å². The molecule has 3 rings (SSSR count). The minimum absolute atomic E-state index is 0.193. The third-order valence-electron chi connectivity index (χ3n) is 4.02. The van der Waals surface area contributed by atoms with Crippen LogP contribution in [0.2, 0.25) is 5.02 Å². The van der Waals surface area contributed by atoms with Gasteiger partial charge >= 0.3 is 0 Å². The molecule has 2 aromatic carbocycles.